The van der Waals surface area contributed by atoms with Gasteiger partial charge in [-0.3, -0.25) is 4.79 Å². The van der Waals surface area contributed by atoms with E-state index in [1.807, 2.05) is 52.3 Å². The van der Waals surface area contributed by atoms with Gasteiger partial charge in [-0.05, 0) is 55.8 Å². The molecule has 8 heteroatoms. The zero-order chi connectivity index (χ0) is 21.8. The van der Waals surface area contributed by atoms with Crippen LogP contribution in [0.2, 0.25) is 0 Å². The molecule has 4 heterocycles. The Labute approximate surface area is 188 Å². The van der Waals surface area contributed by atoms with Gasteiger partial charge in [-0.15, -0.1) is 0 Å². The van der Waals surface area contributed by atoms with Crippen molar-refractivity contribution in [2.75, 3.05) is 0 Å². The number of hydrogen-bond donors (Lipinski definition) is 0. The number of carbonyl (C=O) groups is 1. The van der Waals surface area contributed by atoms with Crippen LogP contribution in [-0.2, 0) is 13.1 Å². The lowest BCUT2D eigenvalue weighted by Gasteiger charge is -2.18. The minimum atomic E-state index is -0.0191. The van der Waals surface area contributed by atoms with E-state index < -0.39 is 0 Å². The van der Waals surface area contributed by atoms with Crippen molar-refractivity contribution in [3.05, 3.63) is 88.9 Å². The highest BCUT2D eigenvalue weighted by molar-refractivity contribution is 7.00. The summed E-state index contributed by atoms with van der Waals surface area (Å²) >= 11 is 1.16. The normalized spacial score (nSPS) is 13.1. The van der Waals surface area contributed by atoms with Crippen LogP contribution < -0.4 is 0 Å². The lowest BCUT2D eigenvalue weighted by Crippen LogP contribution is -2.26. The highest BCUT2D eigenvalue weighted by Gasteiger charge is 2.32. The summed E-state index contributed by atoms with van der Waals surface area (Å²) in [5.74, 6) is 0.959. The molecule has 7 nitrogen and oxygen atoms in total. The summed E-state index contributed by atoms with van der Waals surface area (Å²) in [6.45, 7) is 5.19. The second kappa shape index (κ2) is 7.13. The monoisotopic (exact) mass is 440 g/mol. The van der Waals surface area contributed by atoms with E-state index >= 15 is 0 Å². The Balaban J connectivity index is 1.40. The summed E-state index contributed by atoms with van der Waals surface area (Å²) in [6.07, 6.45) is 4.04. The minimum absolute atomic E-state index is 0.0191. The molecule has 0 saturated carbocycles. The quantitative estimate of drug-likeness (QED) is 0.416. The fourth-order valence-electron chi connectivity index (χ4n) is 4.40. The molecule has 158 valence electrons. The Kier molecular flexibility index (Phi) is 4.22. The molecule has 0 bridgehead atoms. The van der Waals surface area contributed by atoms with Crippen molar-refractivity contribution in [2.24, 2.45) is 0 Å². The molecule has 3 aromatic heterocycles. The number of hydrogen-bond acceptors (Lipinski definition) is 5. The van der Waals surface area contributed by atoms with Crippen LogP contribution in [0.1, 0.15) is 32.7 Å². The molecular formula is C24H20N6OS. The lowest BCUT2D eigenvalue weighted by molar-refractivity contribution is 0.0749. The molecule has 0 spiro atoms. The maximum absolute atomic E-state index is 13.3. The molecule has 0 radical (unpaired) electrons. The SMILES string of the molecule is Cc1ccc(-n2nc3c(c2-n2cccc2)CN(C(=O)c2ccc4nsnc4c2)C3)c(C)c1. The van der Waals surface area contributed by atoms with Gasteiger partial charge >= 0.3 is 0 Å². The first-order valence-corrected chi connectivity index (χ1v) is 11.1. The molecule has 1 aliphatic heterocycles. The Morgan fingerprint density at radius 1 is 0.969 bits per heavy atom. The standard InChI is InChI=1S/C24H20N6OS/c1-15-5-8-22(16(2)11-15)30-23(28-9-3-4-10-28)18-13-29(14-21(18)25-30)24(31)17-6-7-19-20(12-17)27-32-26-19/h3-12H,13-14H2,1-2H3. The molecule has 1 aliphatic rings. The molecule has 0 aliphatic carbocycles. The largest absolute Gasteiger partial charge is 0.328 e. The first kappa shape index (κ1) is 18.9. The third kappa shape index (κ3) is 2.95. The van der Waals surface area contributed by atoms with Gasteiger partial charge in [0.2, 0.25) is 0 Å². The van der Waals surface area contributed by atoms with Crippen LogP contribution in [-0.4, -0.2) is 33.9 Å². The number of aromatic nitrogens is 5. The minimum Gasteiger partial charge on any atom is -0.328 e. The van der Waals surface area contributed by atoms with Gasteiger partial charge in [-0.25, -0.2) is 4.68 Å². The predicted molar refractivity (Wildman–Crippen MR) is 123 cm³/mol. The number of rotatable bonds is 3. The van der Waals surface area contributed by atoms with Crippen molar-refractivity contribution >= 4 is 28.7 Å². The van der Waals surface area contributed by atoms with Crippen LogP contribution in [0.4, 0.5) is 0 Å². The summed E-state index contributed by atoms with van der Waals surface area (Å²) in [7, 11) is 0. The van der Waals surface area contributed by atoms with Crippen molar-refractivity contribution in [3.8, 4) is 11.5 Å². The van der Waals surface area contributed by atoms with Gasteiger partial charge < -0.3 is 9.47 Å². The molecule has 32 heavy (non-hydrogen) atoms. The number of amides is 1. The zero-order valence-corrected chi connectivity index (χ0v) is 18.5. The van der Waals surface area contributed by atoms with E-state index in [-0.39, 0.29) is 5.91 Å². The van der Waals surface area contributed by atoms with Crippen LogP contribution in [0, 0.1) is 13.8 Å². The van der Waals surface area contributed by atoms with Crippen LogP contribution in [0.25, 0.3) is 22.5 Å². The van der Waals surface area contributed by atoms with Gasteiger partial charge in [-0.1, -0.05) is 17.7 Å². The first-order valence-electron chi connectivity index (χ1n) is 10.4. The molecular weight excluding hydrogens is 420 g/mol. The first-order chi connectivity index (χ1) is 15.6. The van der Waals surface area contributed by atoms with Crippen molar-refractivity contribution in [1.29, 1.82) is 0 Å². The van der Waals surface area contributed by atoms with E-state index in [9.17, 15) is 4.79 Å². The van der Waals surface area contributed by atoms with Crippen molar-refractivity contribution < 1.29 is 4.79 Å². The fourth-order valence-corrected chi connectivity index (χ4v) is 4.91. The average Bonchev–Trinajstić information content (AvgIpc) is 3.55. The summed E-state index contributed by atoms with van der Waals surface area (Å²) in [4.78, 5) is 15.1. The van der Waals surface area contributed by atoms with Crippen molar-refractivity contribution in [3.63, 3.8) is 0 Å². The number of aryl methyl sites for hydroxylation is 2. The Hall–Kier alpha value is -3.78. The number of carbonyl (C=O) groups excluding carboxylic acids is 1. The maximum atomic E-state index is 13.3. The number of fused-ring (bicyclic) bond motifs is 2. The second-order valence-electron chi connectivity index (χ2n) is 8.17. The fraction of sp³-hybridized carbons (Fsp3) is 0.167. The third-order valence-corrected chi connectivity index (χ3v) is 6.50. The third-order valence-electron chi connectivity index (χ3n) is 5.95. The Morgan fingerprint density at radius 3 is 2.59 bits per heavy atom. The summed E-state index contributed by atoms with van der Waals surface area (Å²) in [5, 5.41) is 4.96. The van der Waals surface area contributed by atoms with Gasteiger partial charge in [0, 0.05) is 23.5 Å². The van der Waals surface area contributed by atoms with Gasteiger partial charge in [-0.2, -0.15) is 13.8 Å². The second-order valence-corrected chi connectivity index (χ2v) is 8.70. The summed E-state index contributed by atoms with van der Waals surface area (Å²) in [5.41, 5.74) is 7.63. The van der Waals surface area contributed by atoms with E-state index in [0.29, 0.717) is 18.7 Å². The van der Waals surface area contributed by atoms with E-state index in [4.69, 9.17) is 5.10 Å². The molecule has 5 aromatic rings. The van der Waals surface area contributed by atoms with Gasteiger partial charge in [0.1, 0.15) is 16.9 Å². The lowest BCUT2D eigenvalue weighted by atomic mass is 10.1. The topological polar surface area (TPSA) is 68.8 Å². The van der Waals surface area contributed by atoms with Gasteiger partial charge in [0.25, 0.3) is 5.91 Å². The van der Waals surface area contributed by atoms with Gasteiger partial charge in [0.15, 0.2) is 0 Å². The Morgan fingerprint density at radius 2 is 1.78 bits per heavy atom. The predicted octanol–water partition coefficient (Wildman–Crippen LogP) is 4.44. The smallest absolute Gasteiger partial charge is 0.254 e. The highest BCUT2D eigenvalue weighted by atomic mass is 32.1. The van der Waals surface area contributed by atoms with E-state index in [0.717, 1.165) is 51.1 Å². The summed E-state index contributed by atoms with van der Waals surface area (Å²) in [6, 6.07) is 15.9. The molecule has 1 amide bonds. The van der Waals surface area contributed by atoms with Crippen LogP contribution >= 0.6 is 11.7 Å². The molecule has 0 atom stereocenters. The molecule has 6 rings (SSSR count). The maximum Gasteiger partial charge on any atom is 0.254 e. The van der Waals surface area contributed by atoms with E-state index in [1.54, 1.807) is 0 Å². The number of nitrogens with zero attached hydrogens (tertiary/aromatic N) is 6. The zero-order valence-electron chi connectivity index (χ0n) is 17.7. The molecule has 2 aromatic carbocycles. The molecule has 0 saturated heterocycles. The molecule has 0 N–H and O–H groups in total. The molecule has 0 fully saturated rings. The van der Waals surface area contributed by atoms with Crippen LogP contribution in [0.15, 0.2) is 60.9 Å². The number of benzene rings is 2. The summed E-state index contributed by atoms with van der Waals surface area (Å²) < 4.78 is 12.6. The van der Waals surface area contributed by atoms with E-state index in [1.165, 1.54) is 5.56 Å². The van der Waals surface area contributed by atoms with Crippen molar-refractivity contribution in [2.45, 2.75) is 26.9 Å². The van der Waals surface area contributed by atoms with Gasteiger partial charge in [0.05, 0.1) is 36.2 Å². The Bertz CT molecular complexity index is 1480. The van der Waals surface area contributed by atoms with Crippen LogP contribution in [0.3, 0.4) is 0 Å². The van der Waals surface area contributed by atoms with E-state index in [2.05, 4.69) is 45.4 Å². The van der Waals surface area contributed by atoms with Crippen molar-refractivity contribution in [1.82, 2.24) is 28.0 Å². The molecule has 0 unspecified atom stereocenters. The average molecular weight is 441 g/mol. The highest BCUT2D eigenvalue weighted by Crippen LogP contribution is 2.32. The van der Waals surface area contributed by atoms with Crippen LogP contribution in [0.5, 0.6) is 0 Å².